The quantitative estimate of drug-likeness (QED) is 0.646. The Kier molecular flexibility index (Phi) is 2.14. The first kappa shape index (κ1) is 7.56. The Bertz CT molecular complexity index is 130. The maximum Gasteiger partial charge on any atom is 0.0620 e. The Labute approximate surface area is 68.1 Å². The summed E-state index contributed by atoms with van der Waals surface area (Å²) in [5.74, 6) is 1.66. The highest BCUT2D eigenvalue weighted by Gasteiger charge is 2.29. The Morgan fingerprint density at radius 3 is 2.55 bits per heavy atom. The number of hydrogen-bond donors (Lipinski definition) is 1. The Morgan fingerprint density at radius 1 is 1.27 bits per heavy atom. The fourth-order valence-electron chi connectivity index (χ4n) is 1.32. The molecule has 0 heterocycles. The molecule has 2 heteroatoms. The molecule has 2 aliphatic carbocycles. The molecule has 2 fully saturated rings. The molecule has 0 aromatic carbocycles. The molecule has 0 amide bonds. The topological polar surface area (TPSA) is 35.2 Å². The summed E-state index contributed by atoms with van der Waals surface area (Å²) in [5.41, 5.74) is 5.86. The molecule has 2 nitrogen and oxygen atoms in total. The molecule has 0 aliphatic heterocycles. The van der Waals surface area contributed by atoms with Crippen molar-refractivity contribution in [3.8, 4) is 0 Å². The fraction of sp³-hybridized carbons (Fsp3) is 1.00. The lowest BCUT2D eigenvalue weighted by Gasteiger charge is -2.09. The van der Waals surface area contributed by atoms with E-state index in [4.69, 9.17) is 10.5 Å². The highest BCUT2D eigenvalue weighted by atomic mass is 16.5. The van der Waals surface area contributed by atoms with Crippen molar-refractivity contribution in [3.05, 3.63) is 0 Å². The van der Waals surface area contributed by atoms with Crippen LogP contribution in [-0.2, 0) is 4.74 Å². The predicted molar refractivity (Wildman–Crippen MR) is 44.2 cm³/mol. The molecule has 2 N–H and O–H groups in total. The number of rotatable bonds is 5. The van der Waals surface area contributed by atoms with E-state index in [9.17, 15) is 0 Å². The summed E-state index contributed by atoms with van der Waals surface area (Å²) in [6, 6.07) is 0.328. The van der Waals surface area contributed by atoms with Crippen LogP contribution < -0.4 is 5.73 Å². The van der Waals surface area contributed by atoms with Crippen molar-refractivity contribution in [1.29, 1.82) is 0 Å². The summed E-state index contributed by atoms with van der Waals surface area (Å²) < 4.78 is 5.50. The van der Waals surface area contributed by atoms with Crippen LogP contribution in [0.3, 0.4) is 0 Å². The van der Waals surface area contributed by atoms with Crippen LogP contribution in [0.2, 0.25) is 0 Å². The second-order valence-electron chi connectivity index (χ2n) is 3.98. The smallest absolute Gasteiger partial charge is 0.0620 e. The largest absolute Gasteiger partial charge is 0.380 e. The summed E-state index contributed by atoms with van der Waals surface area (Å²) >= 11 is 0. The van der Waals surface area contributed by atoms with Gasteiger partial charge in [0, 0.05) is 12.6 Å². The Balaban J connectivity index is 1.50. The molecule has 2 rings (SSSR count). The molecule has 64 valence electrons. The summed E-state index contributed by atoms with van der Waals surface area (Å²) in [6.45, 7) is 1.75. The van der Waals surface area contributed by atoms with E-state index in [0.29, 0.717) is 6.04 Å². The third kappa shape index (κ3) is 2.46. The van der Waals surface area contributed by atoms with Crippen LogP contribution in [0.1, 0.15) is 25.7 Å². The monoisotopic (exact) mass is 155 g/mol. The molecule has 11 heavy (non-hydrogen) atoms. The van der Waals surface area contributed by atoms with Crippen LogP contribution in [0, 0.1) is 11.8 Å². The zero-order valence-corrected chi connectivity index (χ0v) is 6.96. The van der Waals surface area contributed by atoms with Crippen molar-refractivity contribution in [3.63, 3.8) is 0 Å². The van der Waals surface area contributed by atoms with Gasteiger partial charge in [-0.3, -0.25) is 0 Å². The van der Waals surface area contributed by atoms with Gasteiger partial charge in [-0.1, -0.05) is 0 Å². The highest BCUT2D eigenvalue weighted by molar-refractivity contribution is 4.83. The van der Waals surface area contributed by atoms with E-state index in [1.54, 1.807) is 0 Å². The molecule has 2 aliphatic rings. The zero-order valence-electron chi connectivity index (χ0n) is 6.96. The molecule has 2 saturated carbocycles. The first-order valence-electron chi connectivity index (χ1n) is 4.69. The van der Waals surface area contributed by atoms with Crippen molar-refractivity contribution in [2.75, 3.05) is 13.2 Å². The molecule has 0 aromatic rings. The lowest BCUT2D eigenvalue weighted by molar-refractivity contribution is 0.107. The molecule has 1 atom stereocenters. The molecule has 0 spiro atoms. The van der Waals surface area contributed by atoms with E-state index in [-0.39, 0.29) is 0 Å². The standard InChI is InChI=1S/C9H17NO/c10-9(8-3-4-8)6-11-5-7-1-2-7/h7-9H,1-6,10H2. The lowest BCUT2D eigenvalue weighted by Crippen LogP contribution is -2.28. The minimum Gasteiger partial charge on any atom is -0.380 e. The minimum absolute atomic E-state index is 0.328. The van der Waals surface area contributed by atoms with E-state index in [1.165, 1.54) is 25.7 Å². The summed E-state index contributed by atoms with van der Waals surface area (Å²) in [7, 11) is 0. The third-order valence-corrected chi connectivity index (χ3v) is 2.59. The third-order valence-electron chi connectivity index (χ3n) is 2.59. The van der Waals surface area contributed by atoms with Crippen molar-refractivity contribution >= 4 is 0 Å². The van der Waals surface area contributed by atoms with E-state index in [2.05, 4.69) is 0 Å². The summed E-state index contributed by atoms with van der Waals surface area (Å²) in [4.78, 5) is 0. The highest BCUT2D eigenvalue weighted by Crippen LogP contribution is 2.32. The lowest BCUT2D eigenvalue weighted by atomic mass is 10.2. The minimum atomic E-state index is 0.328. The van der Waals surface area contributed by atoms with Crippen LogP contribution >= 0.6 is 0 Å². The normalized spacial score (nSPS) is 27.0. The van der Waals surface area contributed by atoms with Gasteiger partial charge in [-0.05, 0) is 37.5 Å². The van der Waals surface area contributed by atoms with Crippen LogP contribution in [0.5, 0.6) is 0 Å². The molecular weight excluding hydrogens is 138 g/mol. The first-order valence-corrected chi connectivity index (χ1v) is 4.69. The number of hydrogen-bond acceptors (Lipinski definition) is 2. The van der Waals surface area contributed by atoms with Gasteiger partial charge < -0.3 is 10.5 Å². The van der Waals surface area contributed by atoms with Gasteiger partial charge in [-0.15, -0.1) is 0 Å². The molecule has 1 unspecified atom stereocenters. The van der Waals surface area contributed by atoms with E-state index in [0.717, 1.165) is 25.0 Å². The van der Waals surface area contributed by atoms with Crippen molar-refractivity contribution in [1.82, 2.24) is 0 Å². The van der Waals surface area contributed by atoms with E-state index in [1.807, 2.05) is 0 Å². The van der Waals surface area contributed by atoms with Gasteiger partial charge in [0.1, 0.15) is 0 Å². The van der Waals surface area contributed by atoms with E-state index < -0.39 is 0 Å². The van der Waals surface area contributed by atoms with Gasteiger partial charge >= 0.3 is 0 Å². The van der Waals surface area contributed by atoms with Crippen molar-refractivity contribution in [2.45, 2.75) is 31.7 Å². The fourth-order valence-corrected chi connectivity index (χ4v) is 1.32. The zero-order chi connectivity index (χ0) is 7.68. The second-order valence-corrected chi connectivity index (χ2v) is 3.98. The SMILES string of the molecule is NC(COCC1CC1)C1CC1. The molecular formula is C9H17NO. The van der Waals surface area contributed by atoms with Gasteiger partial charge in [-0.2, -0.15) is 0 Å². The summed E-state index contributed by atoms with van der Waals surface area (Å²) in [5, 5.41) is 0. The number of ether oxygens (including phenoxy) is 1. The average molecular weight is 155 g/mol. The van der Waals surface area contributed by atoms with Crippen molar-refractivity contribution in [2.24, 2.45) is 17.6 Å². The van der Waals surface area contributed by atoms with Gasteiger partial charge in [0.05, 0.1) is 6.61 Å². The second kappa shape index (κ2) is 3.11. The Hall–Kier alpha value is -0.0800. The maximum absolute atomic E-state index is 5.86. The van der Waals surface area contributed by atoms with Gasteiger partial charge in [-0.25, -0.2) is 0 Å². The maximum atomic E-state index is 5.86. The first-order chi connectivity index (χ1) is 5.36. The van der Waals surface area contributed by atoms with Gasteiger partial charge in [0.2, 0.25) is 0 Å². The van der Waals surface area contributed by atoms with Crippen molar-refractivity contribution < 1.29 is 4.74 Å². The molecule has 0 aromatic heterocycles. The van der Waals surface area contributed by atoms with Crippen LogP contribution in [0.15, 0.2) is 0 Å². The van der Waals surface area contributed by atoms with Crippen LogP contribution in [0.4, 0.5) is 0 Å². The van der Waals surface area contributed by atoms with Crippen LogP contribution in [0.25, 0.3) is 0 Å². The number of nitrogens with two attached hydrogens (primary N) is 1. The van der Waals surface area contributed by atoms with Gasteiger partial charge in [0.15, 0.2) is 0 Å². The molecule has 0 saturated heterocycles. The van der Waals surface area contributed by atoms with Gasteiger partial charge in [0.25, 0.3) is 0 Å². The predicted octanol–water partition coefficient (Wildman–Crippen LogP) is 1.15. The molecule has 0 bridgehead atoms. The molecule has 0 radical (unpaired) electrons. The van der Waals surface area contributed by atoms with Crippen LogP contribution in [-0.4, -0.2) is 19.3 Å². The van der Waals surface area contributed by atoms with E-state index >= 15 is 0 Å². The Morgan fingerprint density at radius 2 is 2.00 bits per heavy atom. The summed E-state index contributed by atoms with van der Waals surface area (Å²) in [6.07, 6.45) is 5.40. The average Bonchev–Trinajstić information content (AvgIpc) is 2.85.